The molecule has 1 fully saturated rings. The molecular weight excluding hydrogens is 400 g/mol. The van der Waals surface area contributed by atoms with Gasteiger partial charge in [0.25, 0.3) is 5.56 Å². The highest BCUT2D eigenvalue weighted by molar-refractivity contribution is 5.91. The van der Waals surface area contributed by atoms with Gasteiger partial charge in [0.2, 0.25) is 5.91 Å². The molecule has 0 radical (unpaired) electrons. The summed E-state index contributed by atoms with van der Waals surface area (Å²) in [6, 6.07) is 15.4. The first kappa shape index (κ1) is 22.2. The SMILES string of the molecule is Cc1nn(CC(=O)Nc2ccc(CC[C@@H]3CCN(C)C[C@@H]3C)cc2)c(=O)c2ccccc12. The van der Waals surface area contributed by atoms with Crippen LogP contribution in [0.25, 0.3) is 10.8 Å². The highest BCUT2D eigenvalue weighted by Crippen LogP contribution is 2.27. The number of benzene rings is 2. The van der Waals surface area contributed by atoms with Gasteiger partial charge in [-0.3, -0.25) is 9.59 Å². The van der Waals surface area contributed by atoms with Crippen molar-refractivity contribution in [1.29, 1.82) is 0 Å². The van der Waals surface area contributed by atoms with Crippen molar-refractivity contribution >= 4 is 22.4 Å². The van der Waals surface area contributed by atoms with Crippen LogP contribution in [0, 0.1) is 18.8 Å². The summed E-state index contributed by atoms with van der Waals surface area (Å²) in [4.78, 5) is 27.6. The van der Waals surface area contributed by atoms with Crippen LogP contribution in [0.5, 0.6) is 0 Å². The van der Waals surface area contributed by atoms with Gasteiger partial charge in [-0.05, 0) is 75.4 Å². The fourth-order valence-corrected chi connectivity index (χ4v) is 4.79. The molecule has 2 heterocycles. The summed E-state index contributed by atoms with van der Waals surface area (Å²) in [5.41, 5.74) is 2.50. The summed E-state index contributed by atoms with van der Waals surface area (Å²) in [6.45, 7) is 6.47. The number of nitrogens with one attached hydrogen (secondary N) is 1. The Morgan fingerprint density at radius 2 is 1.84 bits per heavy atom. The first-order valence-corrected chi connectivity index (χ1v) is 11.4. The summed E-state index contributed by atoms with van der Waals surface area (Å²) in [6.07, 6.45) is 3.53. The molecule has 1 N–H and O–H groups in total. The van der Waals surface area contributed by atoms with E-state index in [4.69, 9.17) is 0 Å². The minimum Gasteiger partial charge on any atom is -0.324 e. The number of aryl methyl sites for hydroxylation is 2. The number of hydrogen-bond acceptors (Lipinski definition) is 4. The quantitative estimate of drug-likeness (QED) is 0.642. The molecule has 0 aliphatic carbocycles. The predicted octanol–water partition coefficient (Wildman–Crippen LogP) is 3.86. The molecule has 1 aliphatic rings. The molecule has 0 saturated carbocycles. The Balaban J connectivity index is 1.35. The van der Waals surface area contributed by atoms with Gasteiger partial charge in [-0.1, -0.05) is 37.3 Å². The van der Waals surface area contributed by atoms with Gasteiger partial charge in [0.15, 0.2) is 0 Å². The maximum Gasteiger partial charge on any atom is 0.275 e. The standard InChI is InChI=1S/C26H32N4O2/c1-18-16-29(3)15-14-21(18)11-8-20-9-12-22(13-10-20)27-25(31)17-30-26(32)24-7-5-4-6-23(24)19(2)28-30/h4-7,9-10,12-13,18,21H,8,11,14-17H2,1-3H3,(H,27,31)/t18-,21+/m0/s1. The van der Waals surface area contributed by atoms with Gasteiger partial charge in [0, 0.05) is 17.6 Å². The zero-order chi connectivity index (χ0) is 22.7. The predicted molar refractivity (Wildman–Crippen MR) is 129 cm³/mol. The fraction of sp³-hybridized carbons (Fsp3) is 0.423. The largest absolute Gasteiger partial charge is 0.324 e. The number of fused-ring (bicyclic) bond motifs is 1. The molecule has 2 aromatic carbocycles. The van der Waals surface area contributed by atoms with Crippen molar-refractivity contribution in [1.82, 2.24) is 14.7 Å². The third-order valence-corrected chi connectivity index (χ3v) is 6.67. The Hall–Kier alpha value is -2.99. The van der Waals surface area contributed by atoms with E-state index in [0.29, 0.717) is 5.39 Å². The van der Waals surface area contributed by atoms with Gasteiger partial charge in [-0.2, -0.15) is 5.10 Å². The van der Waals surface area contributed by atoms with Crippen molar-refractivity contribution in [2.75, 3.05) is 25.5 Å². The van der Waals surface area contributed by atoms with Gasteiger partial charge < -0.3 is 10.2 Å². The molecule has 2 atom stereocenters. The van der Waals surface area contributed by atoms with Crippen LogP contribution in [0.4, 0.5) is 5.69 Å². The molecule has 6 nitrogen and oxygen atoms in total. The van der Waals surface area contributed by atoms with Crippen molar-refractivity contribution in [3.63, 3.8) is 0 Å². The summed E-state index contributed by atoms with van der Waals surface area (Å²) in [5, 5.41) is 8.60. The van der Waals surface area contributed by atoms with Crippen molar-refractivity contribution in [2.45, 2.75) is 39.7 Å². The number of nitrogens with zero attached hydrogens (tertiary/aromatic N) is 3. The number of amides is 1. The smallest absolute Gasteiger partial charge is 0.275 e. The van der Waals surface area contributed by atoms with E-state index >= 15 is 0 Å². The molecule has 4 rings (SSSR count). The number of aromatic nitrogens is 2. The molecule has 6 heteroatoms. The number of anilines is 1. The molecule has 0 bridgehead atoms. The molecule has 3 aromatic rings. The second-order valence-electron chi connectivity index (χ2n) is 9.17. The van der Waals surface area contributed by atoms with Gasteiger partial charge >= 0.3 is 0 Å². The number of piperidine rings is 1. The van der Waals surface area contributed by atoms with Gasteiger partial charge in [0.05, 0.1) is 11.1 Å². The minimum absolute atomic E-state index is 0.111. The number of likely N-dealkylation sites (tertiary alicyclic amines) is 1. The van der Waals surface area contributed by atoms with Crippen LogP contribution in [0.3, 0.4) is 0 Å². The molecule has 32 heavy (non-hydrogen) atoms. The van der Waals surface area contributed by atoms with Crippen LogP contribution < -0.4 is 10.9 Å². The minimum atomic E-state index is -0.262. The molecular formula is C26H32N4O2. The lowest BCUT2D eigenvalue weighted by Crippen LogP contribution is -2.36. The Kier molecular flexibility index (Phi) is 6.70. The van der Waals surface area contributed by atoms with Gasteiger partial charge in [-0.15, -0.1) is 0 Å². The van der Waals surface area contributed by atoms with E-state index in [-0.39, 0.29) is 18.0 Å². The lowest BCUT2D eigenvalue weighted by atomic mass is 9.83. The third kappa shape index (κ3) is 5.07. The Morgan fingerprint density at radius 1 is 1.12 bits per heavy atom. The summed E-state index contributed by atoms with van der Waals surface area (Å²) < 4.78 is 1.24. The average Bonchev–Trinajstić information content (AvgIpc) is 2.78. The molecule has 1 aliphatic heterocycles. The third-order valence-electron chi connectivity index (χ3n) is 6.67. The van der Waals surface area contributed by atoms with Crippen LogP contribution in [-0.2, 0) is 17.8 Å². The van der Waals surface area contributed by atoms with E-state index < -0.39 is 0 Å². The zero-order valence-corrected chi connectivity index (χ0v) is 19.2. The molecule has 1 aromatic heterocycles. The Labute approximate surface area is 189 Å². The summed E-state index contributed by atoms with van der Waals surface area (Å²) >= 11 is 0. The average molecular weight is 433 g/mol. The maximum atomic E-state index is 12.7. The van der Waals surface area contributed by atoms with Crippen LogP contribution >= 0.6 is 0 Å². The topological polar surface area (TPSA) is 67.2 Å². The molecule has 0 unspecified atom stereocenters. The Morgan fingerprint density at radius 3 is 2.56 bits per heavy atom. The van der Waals surface area contributed by atoms with Crippen molar-refractivity contribution in [3.8, 4) is 0 Å². The Bertz CT molecular complexity index is 1150. The van der Waals surface area contributed by atoms with Crippen LogP contribution in [0.15, 0.2) is 53.3 Å². The van der Waals surface area contributed by atoms with E-state index in [2.05, 4.69) is 41.4 Å². The molecule has 1 saturated heterocycles. The number of carbonyl (C=O) groups is 1. The maximum absolute atomic E-state index is 12.7. The van der Waals surface area contributed by atoms with E-state index in [0.717, 1.165) is 35.0 Å². The van der Waals surface area contributed by atoms with E-state index in [9.17, 15) is 9.59 Å². The first-order valence-electron chi connectivity index (χ1n) is 11.4. The van der Waals surface area contributed by atoms with E-state index in [1.54, 1.807) is 6.07 Å². The lowest BCUT2D eigenvalue weighted by Gasteiger charge is -2.34. The lowest BCUT2D eigenvalue weighted by molar-refractivity contribution is -0.117. The van der Waals surface area contributed by atoms with Crippen LogP contribution in [0.2, 0.25) is 0 Å². The van der Waals surface area contributed by atoms with Crippen molar-refractivity contribution in [3.05, 3.63) is 70.1 Å². The highest BCUT2D eigenvalue weighted by atomic mass is 16.2. The number of carbonyl (C=O) groups excluding carboxylic acids is 1. The van der Waals surface area contributed by atoms with Crippen LogP contribution in [-0.4, -0.2) is 40.7 Å². The second kappa shape index (κ2) is 9.65. The fourth-order valence-electron chi connectivity index (χ4n) is 4.79. The first-order chi connectivity index (χ1) is 15.4. The monoisotopic (exact) mass is 432 g/mol. The van der Waals surface area contributed by atoms with Crippen LogP contribution in [0.1, 0.15) is 31.0 Å². The van der Waals surface area contributed by atoms with Gasteiger partial charge in [-0.25, -0.2) is 4.68 Å². The normalized spacial score (nSPS) is 19.2. The summed E-state index contributed by atoms with van der Waals surface area (Å²) in [5.74, 6) is 1.26. The number of rotatable bonds is 6. The second-order valence-corrected chi connectivity index (χ2v) is 9.17. The summed E-state index contributed by atoms with van der Waals surface area (Å²) in [7, 11) is 2.20. The van der Waals surface area contributed by atoms with Crippen molar-refractivity contribution in [2.24, 2.45) is 11.8 Å². The molecule has 0 spiro atoms. The molecule has 168 valence electrons. The van der Waals surface area contributed by atoms with Gasteiger partial charge in [0.1, 0.15) is 6.54 Å². The highest BCUT2D eigenvalue weighted by Gasteiger charge is 2.23. The van der Waals surface area contributed by atoms with Crippen molar-refractivity contribution < 1.29 is 4.79 Å². The molecule has 1 amide bonds. The number of hydrogen-bond donors (Lipinski definition) is 1. The van der Waals surface area contributed by atoms with E-state index in [1.165, 1.54) is 36.2 Å². The van der Waals surface area contributed by atoms with E-state index in [1.807, 2.05) is 37.3 Å². The zero-order valence-electron chi connectivity index (χ0n) is 19.2.